The van der Waals surface area contributed by atoms with Gasteiger partial charge in [-0.2, -0.15) is 13.2 Å². The van der Waals surface area contributed by atoms with Gasteiger partial charge in [-0.25, -0.2) is 8.42 Å². The molecular formula is C25H23F3N2O3S. The van der Waals surface area contributed by atoms with Crippen molar-refractivity contribution in [2.45, 2.75) is 54.1 Å². The molecule has 3 aromatic rings. The second kappa shape index (κ2) is 9.21. The highest BCUT2D eigenvalue weighted by Gasteiger charge is 2.39. The minimum Gasteiger partial charge on any atom is -0.342 e. The molecule has 9 heteroatoms. The van der Waals surface area contributed by atoms with E-state index in [1.165, 1.54) is 31.2 Å². The van der Waals surface area contributed by atoms with E-state index < -0.39 is 28.0 Å². The van der Waals surface area contributed by atoms with Crippen LogP contribution in [-0.2, 0) is 21.1 Å². The highest BCUT2D eigenvalue weighted by Crippen LogP contribution is 2.41. The van der Waals surface area contributed by atoms with Crippen molar-refractivity contribution in [3.05, 3.63) is 89.2 Å². The first-order chi connectivity index (χ1) is 16.1. The van der Waals surface area contributed by atoms with Crippen molar-refractivity contribution in [1.29, 1.82) is 0 Å². The monoisotopic (exact) mass is 488 g/mol. The summed E-state index contributed by atoms with van der Waals surface area (Å²) in [5.74, 6) is -1.60. The Balaban J connectivity index is 1.63. The first kappa shape index (κ1) is 23.9. The molecule has 0 saturated heterocycles. The fraction of sp³-hybridized carbons (Fsp3) is 0.280. The Bertz CT molecular complexity index is 1290. The number of nitrogens with zero attached hydrogens (tertiary/aromatic N) is 1. The molecule has 1 saturated carbocycles. The smallest absolute Gasteiger partial charge is 0.342 e. The molecule has 0 spiro atoms. The van der Waals surface area contributed by atoms with Gasteiger partial charge in [0.2, 0.25) is 9.84 Å². The first-order valence-electron chi connectivity index (χ1n) is 10.8. The Morgan fingerprint density at radius 2 is 1.79 bits per heavy atom. The third kappa shape index (κ3) is 5.30. The van der Waals surface area contributed by atoms with E-state index in [0.717, 1.165) is 24.1 Å². The Morgan fingerprint density at radius 3 is 2.38 bits per heavy atom. The van der Waals surface area contributed by atoms with E-state index in [2.05, 4.69) is 4.98 Å². The molecule has 34 heavy (non-hydrogen) atoms. The summed E-state index contributed by atoms with van der Waals surface area (Å²) in [6, 6.07) is 15.4. The van der Waals surface area contributed by atoms with E-state index in [1.807, 2.05) is 29.6 Å². The van der Waals surface area contributed by atoms with Gasteiger partial charge in [-0.3, -0.25) is 9.78 Å². The zero-order chi connectivity index (χ0) is 24.5. The zero-order valence-corrected chi connectivity index (χ0v) is 19.2. The van der Waals surface area contributed by atoms with Crippen molar-refractivity contribution in [3.8, 4) is 0 Å². The molecule has 1 aromatic heterocycles. The molecule has 0 radical (unpaired) electrons. The lowest BCUT2D eigenvalue weighted by Crippen LogP contribution is -2.38. The van der Waals surface area contributed by atoms with Gasteiger partial charge < -0.3 is 5.32 Å². The number of amides is 1. The quantitative estimate of drug-likeness (QED) is 0.501. The van der Waals surface area contributed by atoms with Gasteiger partial charge in [0.15, 0.2) is 0 Å². The van der Waals surface area contributed by atoms with E-state index in [9.17, 15) is 26.4 Å². The van der Waals surface area contributed by atoms with Gasteiger partial charge in [0, 0.05) is 18.3 Å². The average molecular weight is 489 g/mol. The summed E-state index contributed by atoms with van der Waals surface area (Å²) in [7, 11) is -3.90. The summed E-state index contributed by atoms with van der Waals surface area (Å²) in [6.45, 7) is 1.40. The van der Waals surface area contributed by atoms with E-state index in [1.54, 1.807) is 18.3 Å². The molecule has 1 heterocycles. The maximum Gasteiger partial charge on any atom is 0.471 e. The van der Waals surface area contributed by atoms with Crippen LogP contribution in [0.25, 0.3) is 0 Å². The second-order valence-corrected chi connectivity index (χ2v) is 10.3. The van der Waals surface area contributed by atoms with Crippen LogP contribution in [0.1, 0.15) is 54.1 Å². The van der Waals surface area contributed by atoms with Crippen LogP contribution in [0, 0.1) is 0 Å². The highest BCUT2D eigenvalue weighted by atomic mass is 32.2. The molecule has 1 aliphatic carbocycles. The van der Waals surface area contributed by atoms with Crippen LogP contribution >= 0.6 is 0 Å². The summed E-state index contributed by atoms with van der Waals surface area (Å²) >= 11 is 0. The molecule has 1 fully saturated rings. The van der Waals surface area contributed by atoms with Crippen LogP contribution in [0.3, 0.4) is 0 Å². The number of aromatic nitrogens is 1. The Kier molecular flexibility index (Phi) is 6.49. The van der Waals surface area contributed by atoms with Crippen LogP contribution in [0.5, 0.6) is 0 Å². The summed E-state index contributed by atoms with van der Waals surface area (Å²) < 4.78 is 64.5. The summed E-state index contributed by atoms with van der Waals surface area (Å²) in [6.07, 6.45) is -0.812. The Labute approximate surface area is 196 Å². The van der Waals surface area contributed by atoms with Gasteiger partial charge in [0.05, 0.1) is 15.8 Å². The van der Waals surface area contributed by atoms with Gasteiger partial charge in [-0.05, 0) is 72.7 Å². The number of hydrogen-bond acceptors (Lipinski definition) is 4. The van der Waals surface area contributed by atoms with Crippen molar-refractivity contribution < 1.29 is 26.4 Å². The fourth-order valence-electron chi connectivity index (χ4n) is 3.79. The van der Waals surface area contributed by atoms with Gasteiger partial charge in [-0.15, -0.1) is 0 Å². The molecule has 1 atom stereocenters. The highest BCUT2D eigenvalue weighted by molar-refractivity contribution is 7.91. The van der Waals surface area contributed by atoms with Crippen LogP contribution in [0.2, 0.25) is 0 Å². The lowest BCUT2D eigenvalue weighted by atomic mass is 10.0. The minimum atomic E-state index is -4.99. The number of halogens is 3. The third-order valence-electron chi connectivity index (χ3n) is 5.82. The number of nitrogens with one attached hydrogen (secondary N) is 1. The molecule has 1 N–H and O–H groups in total. The van der Waals surface area contributed by atoms with Crippen molar-refractivity contribution in [1.82, 2.24) is 10.3 Å². The standard InChI is InChI=1S/C25H23F3N2O3S/c1-16(30-24(31)25(26,27)28)17-7-10-22(11-8-17)34(32,33)23-12-9-19(18-5-6-18)14-20(23)15-21-4-2-3-13-29-21/h2-4,7-14,16,18H,5-6,15H2,1H3,(H,30,31)/t16-/m0/s1. The molecule has 4 rings (SSSR count). The summed E-state index contributed by atoms with van der Waals surface area (Å²) in [5, 5.41) is 1.86. The number of pyridine rings is 1. The van der Waals surface area contributed by atoms with E-state index in [4.69, 9.17) is 0 Å². The maximum atomic E-state index is 13.5. The predicted octanol–water partition coefficient (Wildman–Crippen LogP) is 5.12. The predicted molar refractivity (Wildman–Crippen MR) is 120 cm³/mol. The lowest BCUT2D eigenvalue weighted by molar-refractivity contribution is -0.174. The van der Waals surface area contributed by atoms with E-state index >= 15 is 0 Å². The topological polar surface area (TPSA) is 76.1 Å². The van der Waals surface area contributed by atoms with Gasteiger partial charge in [0.25, 0.3) is 0 Å². The summed E-state index contributed by atoms with van der Waals surface area (Å²) in [4.78, 5) is 15.7. The van der Waals surface area contributed by atoms with Crippen LogP contribution < -0.4 is 5.32 Å². The number of carbonyl (C=O) groups excluding carboxylic acids is 1. The summed E-state index contributed by atoms with van der Waals surface area (Å²) in [5.41, 5.74) is 2.86. The van der Waals surface area contributed by atoms with Crippen molar-refractivity contribution in [2.75, 3.05) is 0 Å². The van der Waals surface area contributed by atoms with Crippen molar-refractivity contribution in [2.24, 2.45) is 0 Å². The Morgan fingerprint density at radius 1 is 1.09 bits per heavy atom. The number of carbonyl (C=O) groups is 1. The molecule has 178 valence electrons. The number of sulfone groups is 1. The van der Waals surface area contributed by atoms with E-state index in [-0.39, 0.29) is 9.79 Å². The molecule has 1 aliphatic rings. The Hall–Kier alpha value is -3.20. The first-order valence-corrected chi connectivity index (χ1v) is 12.3. The molecular weight excluding hydrogens is 465 g/mol. The van der Waals surface area contributed by atoms with Crippen molar-refractivity contribution in [3.63, 3.8) is 0 Å². The molecule has 2 aromatic carbocycles. The maximum absolute atomic E-state index is 13.5. The number of hydrogen-bond donors (Lipinski definition) is 1. The minimum absolute atomic E-state index is 0.0204. The van der Waals surface area contributed by atoms with Crippen LogP contribution in [-0.4, -0.2) is 25.5 Å². The van der Waals surface area contributed by atoms with Crippen LogP contribution in [0.15, 0.2) is 76.7 Å². The van der Waals surface area contributed by atoms with Gasteiger partial charge >= 0.3 is 12.1 Å². The SMILES string of the molecule is C[C@H](NC(=O)C(F)(F)F)c1ccc(S(=O)(=O)c2ccc(C3CC3)cc2Cc2ccccn2)cc1. The van der Waals surface area contributed by atoms with Crippen molar-refractivity contribution >= 4 is 15.7 Å². The second-order valence-electron chi connectivity index (χ2n) is 8.40. The number of rotatable bonds is 7. The molecule has 0 bridgehead atoms. The molecule has 0 aliphatic heterocycles. The lowest BCUT2D eigenvalue weighted by Gasteiger charge is -2.16. The molecule has 1 amide bonds. The normalized spacial score (nSPS) is 15.1. The zero-order valence-electron chi connectivity index (χ0n) is 18.3. The fourth-order valence-corrected chi connectivity index (χ4v) is 5.26. The molecule has 5 nitrogen and oxygen atoms in total. The van der Waals surface area contributed by atoms with Crippen LogP contribution in [0.4, 0.5) is 13.2 Å². The number of benzene rings is 2. The van der Waals surface area contributed by atoms with E-state index in [0.29, 0.717) is 23.5 Å². The molecule has 0 unspecified atom stereocenters. The largest absolute Gasteiger partial charge is 0.471 e. The van der Waals surface area contributed by atoms with Gasteiger partial charge in [-0.1, -0.05) is 30.3 Å². The number of alkyl halides is 3. The van der Waals surface area contributed by atoms with Gasteiger partial charge in [0.1, 0.15) is 0 Å². The average Bonchev–Trinajstić information content (AvgIpc) is 3.64. The third-order valence-corrected chi connectivity index (χ3v) is 7.69.